The van der Waals surface area contributed by atoms with Gasteiger partial charge in [0.05, 0.1) is 0 Å². The molecular formula is C24H17NO2. The van der Waals surface area contributed by atoms with Crippen molar-refractivity contribution < 1.29 is 4.42 Å². The van der Waals surface area contributed by atoms with E-state index in [4.69, 9.17) is 4.42 Å². The molecule has 3 aromatic carbocycles. The van der Waals surface area contributed by atoms with Crippen molar-refractivity contribution in [1.82, 2.24) is 4.57 Å². The molecular weight excluding hydrogens is 334 g/mol. The van der Waals surface area contributed by atoms with E-state index in [0.717, 1.165) is 33.0 Å². The fraction of sp³-hybridized carbons (Fsp3) is 0.0417. The molecule has 0 spiro atoms. The van der Waals surface area contributed by atoms with Crippen LogP contribution in [0.15, 0.2) is 94.1 Å². The highest BCUT2D eigenvalue weighted by Gasteiger charge is 2.22. The highest BCUT2D eigenvalue weighted by Crippen LogP contribution is 2.40. The Morgan fingerprint density at radius 1 is 0.741 bits per heavy atom. The molecule has 0 atom stereocenters. The molecule has 5 aromatic rings. The summed E-state index contributed by atoms with van der Waals surface area (Å²) in [6, 6.07) is 28.0. The van der Waals surface area contributed by atoms with Crippen LogP contribution in [0.3, 0.4) is 0 Å². The third-order valence-electron chi connectivity index (χ3n) is 5.07. The van der Waals surface area contributed by atoms with Gasteiger partial charge < -0.3 is 8.98 Å². The Bertz CT molecular complexity index is 1330. The van der Waals surface area contributed by atoms with Gasteiger partial charge in [0.25, 0.3) is 0 Å². The highest BCUT2D eigenvalue weighted by atomic mass is 16.4. The third kappa shape index (κ3) is 2.32. The fourth-order valence-electron chi connectivity index (χ4n) is 3.86. The van der Waals surface area contributed by atoms with E-state index in [9.17, 15) is 4.79 Å². The van der Waals surface area contributed by atoms with Crippen molar-refractivity contribution in [3.8, 4) is 22.5 Å². The van der Waals surface area contributed by atoms with E-state index in [2.05, 4.69) is 18.2 Å². The second-order valence-corrected chi connectivity index (χ2v) is 6.63. The van der Waals surface area contributed by atoms with E-state index in [-0.39, 0.29) is 5.63 Å². The Morgan fingerprint density at radius 3 is 2.04 bits per heavy atom. The summed E-state index contributed by atoms with van der Waals surface area (Å²) in [6.07, 6.45) is 0. The minimum atomic E-state index is -0.317. The molecule has 0 N–H and O–H groups in total. The average molecular weight is 351 g/mol. The summed E-state index contributed by atoms with van der Waals surface area (Å²) < 4.78 is 7.82. The molecule has 0 fully saturated rings. The van der Waals surface area contributed by atoms with Gasteiger partial charge in [-0.15, -0.1) is 0 Å². The van der Waals surface area contributed by atoms with E-state index in [1.54, 1.807) is 0 Å². The number of aryl methyl sites for hydroxylation is 1. The number of para-hydroxylation sites is 1. The van der Waals surface area contributed by atoms with Gasteiger partial charge in [0, 0.05) is 34.5 Å². The fourth-order valence-corrected chi connectivity index (χ4v) is 3.86. The van der Waals surface area contributed by atoms with Gasteiger partial charge in [0.1, 0.15) is 11.3 Å². The summed E-state index contributed by atoms with van der Waals surface area (Å²) in [7, 11) is 1.92. The van der Waals surface area contributed by atoms with E-state index < -0.39 is 0 Å². The van der Waals surface area contributed by atoms with Gasteiger partial charge in [-0.2, -0.15) is 0 Å². The van der Waals surface area contributed by atoms with Crippen LogP contribution in [0.2, 0.25) is 0 Å². The van der Waals surface area contributed by atoms with E-state index in [1.165, 1.54) is 0 Å². The number of fused-ring (bicyclic) bond motifs is 3. The van der Waals surface area contributed by atoms with E-state index in [0.29, 0.717) is 11.3 Å². The Kier molecular flexibility index (Phi) is 3.47. The standard InChI is InChI=1S/C24H17NO2/c1-25-19-15-9-8-14-18(19)21-20(16-10-4-2-5-11-16)23(27-24(26)22(21)25)17-12-6-3-7-13-17/h2-15H,1H3. The smallest absolute Gasteiger partial charge is 0.361 e. The van der Waals surface area contributed by atoms with Crippen LogP contribution in [0.1, 0.15) is 0 Å². The zero-order valence-electron chi connectivity index (χ0n) is 14.8. The summed E-state index contributed by atoms with van der Waals surface area (Å²) in [5, 5.41) is 1.99. The Morgan fingerprint density at radius 2 is 1.33 bits per heavy atom. The molecule has 0 bridgehead atoms. The first-order valence-electron chi connectivity index (χ1n) is 8.91. The normalized spacial score (nSPS) is 11.3. The van der Waals surface area contributed by atoms with Crippen LogP contribution in [0.25, 0.3) is 44.3 Å². The maximum absolute atomic E-state index is 13.0. The second kappa shape index (κ2) is 5.99. The van der Waals surface area contributed by atoms with Gasteiger partial charge in [-0.05, 0) is 11.6 Å². The number of hydrogen-bond acceptors (Lipinski definition) is 2. The topological polar surface area (TPSA) is 35.1 Å². The van der Waals surface area contributed by atoms with E-state index >= 15 is 0 Å². The second-order valence-electron chi connectivity index (χ2n) is 6.63. The van der Waals surface area contributed by atoms with Crippen LogP contribution in [0.5, 0.6) is 0 Å². The van der Waals surface area contributed by atoms with Gasteiger partial charge in [0.15, 0.2) is 0 Å². The minimum Gasteiger partial charge on any atom is -0.421 e. The van der Waals surface area contributed by atoms with Crippen LogP contribution in [0.4, 0.5) is 0 Å². The molecule has 0 aliphatic carbocycles. The van der Waals surface area contributed by atoms with Crippen LogP contribution in [-0.2, 0) is 7.05 Å². The molecule has 0 amide bonds. The van der Waals surface area contributed by atoms with E-state index in [1.807, 2.05) is 78.3 Å². The Hall–Kier alpha value is -3.59. The number of rotatable bonds is 2. The molecule has 27 heavy (non-hydrogen) atoms. The van der Waals surface area contributed by atoms with Crippen LogP contribution < -0.4 is 5.63 Å². The molecule has 0 aliphatic rings. The summed E-state index contributed by atoms with van der Waals surface area (Å²) in [5.41, 5.74) is 4.16. The van der Waals surface area contributed by atoms with Crippen molar-refractivity contribution in [2.24, 2.45) is 7.05 Å². The first-order valence-corrected chi connectivity index (χ1v) is 8.91. The number of benzene rings is 3. The summed E-state index contributed by atoms with van der Waals surface area (Å²) in [5.74, 6) is 0.607. The molecule has 130 valence electrons. The molecule has 0 radical (unpaired) electrons. The number of aromatic nitrogens is 1. The van der Waals surface area contributed by atoms with Gasteiger partial charge in [-0.1, -0.05) is 78.9 Å². The van der Waals surface area contributed by atoms with Crippen LogP contribution in [0, 0.1) is 0 Å². The zero-order chi connectivity index (χ0) is 18.4. The molecule has 2 heterocycles. The van der Waals surface area contributed by atoms with Crippen LogP contribution >= 0.6 is 0 Å². The Labute approximate surface area is 156 Å². The molecule has 2 aromatic heterocycles. The molecule has 3 heteroatoms. The van der Waals surface area contributed by atoms with Gasteiger partial charge >= 0.3 is 5.63 Å². The van der Waals surface area contributed by atoms with Crippen LogP contribution in [-0.4, -0.2) is 4.57 Å². The van der Waals surface area contributed by atoms with Crippen molar-refractivity contribution in [2.75, 3.05) is 0 Å². The summed E-state index contributed by atoms with van der Waals surface area (Å²) in [4.78, 5) is 13.0. The summed E-state index contributed by atoms with van der Waals surface area (Å²) in [6.45, 7) is 0. The predicted molar refractivity (Wildman–Crippen MR) is 110 cm³/mol. The molecule has 0 saturated carbocycles. The lowest BCUT2D eigenvalue weighted by Gasteiger charge is -2.11. The number of hydrogen-bond donors (Lipinski definition) is 0. The van der Waals surface area contributed by atoms with Crippen molar-refractivity contribution in [3.05, 3.63) is 95.3 Å². The third-order valence-corrected chi connectivity index (χ3v) is 5.07. The average Bonchev–Trinajstić information content (AvgIpc) is 3.03. The SMILES string of the molecule is Cn1c2ccccc2c2c(-c3ccccc3)c(-c3ccccc3)oc(=O)c21. The van der Waals surface area contributed by atoms with Crippen molar-refractivity contribution in [1.29, 1.82) is 0 Å². The molecule has 0 unspecified atom stereocenters. The van der Waals surface area contributed by atoms with Crippen molar-refractivity contribution >= 4 is 21.8 Å². The zero-order valence-corrected chi connectivity index (χ0v) is 14.8. The lowest BCUT2D eigenvalue weighted by molar-refractivity contribution is 0.533. The molecule has 0 aliphatic heterocycles. The van der Waals surface area contributed by atoms with Crippen molar-refractivity contribution in [3.63, 3.8) is 0 Å². The first-order chi connectivity index (χ1) is 13.3. The van der Waals surface area contributed by atoms with Gasteiger partial charge in [-0.3, -0.25) is 0 Å². The minimum absolute atomic E-state index is 0.317. The monoisotopic (exact) mass is 351 g/mol. The lowest BCUT2D eigenvalue weighted by atomic mass is 9.96. The molecule has 0 saturated heterocycles. The molecule has 3 nitrogen and oxygen atoms in total. The first kappa shape index (κ1) is 15.6. The van der Waals surface area contributed by atoms with Crippen molar-refractivity contribution in [2.45, 2.75) is 0 Å². The summed E-state index contributed by atoms with van der Waals surface area (Å²) >= 11 is 0. The quantitative estimate of drug-likeness (QED) is 0.414. The van der Waals surface area contributed by atoms with Gasteiger partial charge in [-0.25, -0.2) is 4.79 Å². The predicted octanol–water partition coefficient (Wildman–Crippen LogP) is 5.62. The number of nitrogens with zero attached hydrogens (tertiary/aromatic N) is 1. The largest absolute Gasteiger partial charge is 0.421 e. The maximum Gasteiger partial charge on any atom is 0.361 e. The Balaban J connectivity index is 2.06. The lowest BCUT2D eigenvalue weighted by Crippen LogP contribution is -2.06. The molecule has 5 rings (SSSR count). The maximum atomic E-state index is 13.0. The van der Waals surface area contributed by atoms with Gasteiger partial charge in [0.2, 0.25) is 0 Å². The highest BCUT2D eigenvalue weighted by molar-refractivity contribution is 6.16.